The first-order valence-corrected chi connectivity index (χ1v) is 3.81. The number of H-pyrrole nitrogens is 1. The molecule has 0 spiro atoms. The molecule has 0 saturated heterocycles. The van der Waals surface area contributed by atoms with Crippen LogP contribution in [0, 0.1) is 0 Å². The predicted molar refractivity (Wildman–Crippen MR) is 42.5 cm³/mol. The molecule has 2 N–H and O–H groups in total. The van der Waals surface area contributed by atoms with Crippen LogP contribution in [0.15, 0.2) is 0 Å². The Morgan fingerprint density at radius 1 is 1.69 bits per heavy atom. The van der Waals surface area contributed by atoms with Crippen LogP contribution in [0.4, 0.5) is 0 Å². The number of ether oxygens (including phenoxy) is 1. The molecule has 0 aliphatic heterocycles. The fraction of sp³-hybridized carbons (Fsp3) is 0.667. The Bertz CT molecular complexity index is 248. The molecule has 0 atom stereocenters. The Morgan fingerprint density at radius 2 is 2.54 bits per heavy atom. The number of methoxy groups -OCH3 is 1. The highest BCUT2D eigenvalue weighted by atomic mass is 16.5. The van der Waals surface area contributed by atoms with E-state index in [0.29, 0.717) is 25.4 Å². The van der Waals surface area contributed by atoms with Crippen molar-refractivity contribution in [3.63, 3.8) is 0 Å². The highest BCUT2D eigenvalue weighted by molar-refractivity contribution is 5.75. The van der Waals surface area contributed by atoms with Crippen molar-refractivity contribution in [2.75, 3.05) is 13.7 Å². The average Bonchev–Trinajstić information content (AvgIpc) is 2.64. The van der Waals surface area contributed by atoms with E-state index < -0.39 is 0 Å². The number of carbonyl (C=O) groups excluding carboxylic acids is 1. The largest absolute Gasteiger partial charge is 0.384 e. The second kappa shape index (κ2) is 5.20. The second-order valence-corrected chi connectivity index (χ2v) is 2.35. The van der Waals surface area contributed by atoms with E-state index in [1.54, 1.807) is 7.11 Å². The monoisotopic (exact) mass is 185 g/mol. The molecule has 1 amide bonds. The number of aromatic amines is 1. The number of tetrazole rings is 1. The van der Waals surface area contributed by atoms with Crippen molar-refractivity contribution < 1.29 is 9.53 Å². The van der Waals surface area contributed by atoms with Crippen LogP contribution in [-0.2, 0) is 16.1 Å². The summed E-state index contributed by atoms with van der Waals surface area (Å²) in [4.78, 5) is 11.0. The first-order chi connectivity index (χ1) is 6.33. The van der Waals surface area contributed by atoms with E-state index >= 15 is 0 Å². The third-order valence-corrected chi connectivity index (χ3v) is 1.37. The lowest BCUT2D eigenvalue weighted by atomic mass is 10.4. The molecule has 0 aromatic carbocycles. The molecule has 0 radical (unpaired) electrons. The number of nitrogens with one attached hydrogen (secondary N) is 2. The average molecular weight is 185 g/mol. The highest BCUT2D eigenvalue weighted by Gasteiger charge is 2.02. The van der Waals surface area contributed by atoms with Gasteiger partial charge in [-0.05, 0) is 0 Å². The van der Waals surface area contributed by atoms with Gasteiger partial charge in [0.1, 0.15) is 0 Å². The predicted octanol–water partition coefficient (Wildman–Crippen LogP) is -1.15. The van der Waals surface area contributed by atoms with Gasteiger partial charge in [0.05, 0.1) is 13.2 Å². The molecule has 1 heterocycles. The fourth-order valence-electron chi connectivity index (χ4n) is 0.718. The number of hydrogen-bond donors (Lipinski definition) is 2. The van der Waals surface area contributed by atoms with Gasteiger partial charge in [0.2, 0.25) is 5.91 Å². The van der Waals surface area contributed by atoms with Crippen LogP contribution >= 0.6 is 0 Å². The molecule has 7 heteroatoms. The minimum atomic E-state index is -0.0911. The highest BCUT2D eigenvalue weighted by Crippen LogP contribution is 1.84. The third-order valence-electron chi connectivity index (χ3n) is 1.37. The zero-order chi connectivity index (χ0) is 9.52. The summed E-state index contributed by atoms with van der Waals surface area (Å²) in [5.74, 6) is 0.373. The summed E-state index contributed by atoms with van der Waals surface area (Å²) in [7, 11) is 1.55. The molecule has 13 heavy (non-hydrogen) atoms. The SMILES string of the molecule is COCCC(=O)NCc1nn[nH]n1. The minimum absolute atomic E-state index is 0.0911. The van der Waals surface area contributed by atoms with Gasteiger partial charge in [-0.2, -0.15) is 5.21 Å². The standard InChI is InChI=1S/C6H11N5O2/c1-13-3-2-6(12)7-4-5-8-10-11-9-5/h2-4H2,1H3,(H,7,12)(H,8,9,10,11). The van der Waals surface area contributed by atoms with Crippen molar-refractivity contribution in [1.29, 1.82) is 0 Å². The molecule has 72 valence electrons. The summed E-state index contributed by atoms with van der Waals surface area (Å²) in [6.45, 7) is 0.705. The van der Waals surface area contributed by atoms with E-state index in [-0.39, 0.29) is 5.91 Å². The molecule has 0 fully saturated rings. The second-order valence-electron chi connectivity index (χ2n) is 2.35. The first kappa shape index (κ1) is 9.59. The van der Waals surface area contributed by atoms with Crippen molar-refractivity contribution in [3.8, 4) is 0 Å². The quantitative estimate of drug-likeness (QED) is 0.604. The summed E-state index contributed by atoms with van der Waals surface area (Å²) in [6, 6.07) is 0. The minimum Gasteiger partial charge on any atom is -0.384 e. The normalized spacial score (nSPS) is 9.92. The molecule has 0 aliphatic rings. The number of rotatable bonds is 5. The van der Waals surface area contributed by atoms with Crippen LogP contribution in [0.5, 0.6) is 0 Å². The van der Waals surface area contributed by atoms with E-state index in [1.165, 1.54) is 0 Å². The Morgan fingerprint density at radius 3 is 3.15 bits per heavy atom. The number of hydrogen-bond acceptors (Lipinski definition) is 5. The lowest BCUT2D eigenvalue weighted by Crippen LogP contribution is -2.24. The Kier molecular flexibility index (Phi) is 3.83. The van der Waals surface area contributed by atoms with E-state index in [9.17, 15) is 4.79 Å². The maximum atomic E-state index is 11.0. The third kappa shape index (κ3) is 3.61. The molecular weight excluding hydrogens is 174 g/mol. The van der Waals surface area contributed by atoms with Gasteiger partial charge in [0, 0.05) is 13.5 Å². The summed E-state index contributed by atoms with van der Waals surface area (Å²) < 4.78 is 4.74. The van der Waals surface area contributed by atoms with Crippen LogP contribution in [-0.4, -0.2) is 40.2 Å². The van der Waals surface area contributed by atoms with Gasteiger partial charge < -0.3 is 10.1 Å². The number of carbonyl (C=O) groups is 1. The Balaban J connectivity index is 2.15. The maximum absolute atomic E-state index is 11.0. The molecule has 7 nitrogen and oxygen atoms in total. The number of amides is 1. The van der Waals surface area contributed by atoms with E-state index in [4.69, 9.17) is 4.74 Å². The van der Waals surface area contributed by atoms with Gasteiger partial charge >= 0.3 is 0 Å². The van der Waals surface area contributed by atoms with Gasteiger partial charge in [0.15, 0.2) is 5.82 Å². The molecular formula is C6H11N5O2. The molecule has 0 aliphatic carbocycles. The zero-order valence-corrected chi connectivity index (χ0v) is 7.28. The summed E-state index contributed by atoms with van der Waals surface area (Å²) in [5, 5.41) is 15.6. The van der Waals surface area contributed by atoms with Crippen molar-refractivity contribution >= 4 is 5.91 Å². The van der Waals surface area contributed by atoms with Crippen LogP contribution in [0.2, 0.25) is 0 Å². The van der Waals surface area contributed by atoms with Gasteiger partial charge in [-0.1, -0.05) is 5.21 Å². The molecule has 1 rings (SSSR count). The van der Waals surface area contributed by atoms with E-state index in [2.05, 4.69) is 25.9 Å². The molecule has 0 saturated carbocycles. The van der Waals surface area contributed by atoms with Crippen molar-refractivity contribution in [2.24, 2.45) is 0 Å². The van der Waals surface area contributed by atoms with E-state index in [0.717, 1.165) is 0 Å². The zero-order valence-electron chi connectivity index (χ0n) is 7.28. The number of nitrogens with zero attached hydrogens (tertiary/aromatic N) is 3. The van der Waals surface area contributed by atoms with Crippen LogP contribution < -0.4 is 5.32 Å². The Labute approximate surface area is 74.9 Å². The molecule has 1 aromatic heterocycles. The summed E-state index contributed by atoms with van der Waals surface area (Å²) >= 11 is 0. The summed E-state index contributed by atoms with van der Waals surface area (Å²) in [6.07, 6.45) is 0.342. The maximum Gasteiger partial charge on any atom is 0.222 e. The lowest BCUT2D eigenvalue weighted by Gasteiger charge is -2.00. The smallest absolute Gasteiger partial charge is 0.222 e. The fourth-order valence-corrected chi connectivity index (χ4v) is 0.718. The summed E-state index contributed by atoms with van der Waals surface area (Å²) in [5.41, 5.74) is 0. The van der Waals surface area contributed by atoms with Gasteiger partial charge in [-0.15, -0.1) is 10.2 Å². The van der Waals surface area contributed by atoms with Crippen LogP contribution in [0.25, 0.3) is 0 Å². The molecule has 0 bridgehead atoms. The van der Waals surface area contributed by atoms with Gasteiger partial charge in [-0.25, -0.2) is 0 Å². The lowest BCUT2D eigenvalue weighted by molar-refractivity contribution is -0.122. The molecule has 1 aromatic rings. The topological polar surface area (TPSA) is 92.8 Å². The van der Waals surface area contributed by atoms with Crippen LogP contribution in [0.3, 0.4) is 0 Å². The first-order valence-electron chi connectivity index (χ1n) is 3.81. The van der Waals surface area contributed by atoms with Crippen molar-refractivity contribution in [2.45, 2.75) is 13.0 Å². The molecule has 0 unspecified atom stereocenters. The van der Waals surface area contributed by atoms with Crippen LogP contribution in [0.1, 0.15) is 12.2 Å². The van der Waals surface area contributed by atoms with Gasteiger partial charge in [-0.3, -0.25) is 4.79 Å². The van der Waals surface area contributed by atoms with Gasteiger partial charge in [0.25, 0.3) is 0 Å². The van der Waals surface area contributed by atoms with Crippen molar-refractivity contribution in [3.05, 3.63) is 5.82 Å². The van der Waals surface area contributed by atoms with E-state index in [1.807, 2.05) is 0 Å². The number of aromatic nitrogens is 4. The Hall–Kier alpha value is -1.50. The van der Waals surface area contributed by atoms with Crippen molar-refractivity contribution in [1.82, 2.24) is 25.9 Å².